The van der Waals surface area contributed by atoms with Crippen LogP contribution in [-0.2, 0) is 6.18 Å². The van der Waals surface area contributed by atoms with Crippen LogP contribution in [0.4, 0.5) is 24.7 Å². The van der Waals surface area contributed by atoms with Crippen molar-refractivity contribution >= 4 is 11.5 Å². The monoisotopic (exact) mass is 277 g/mol. The van der Waals surface area contributed by atoms with Gasteiger partial charge < -0.3 is 5.32 Å². The van der Waals surface area contributed by atoms with Crippen molar-refractivity contribution in [3.8, 4) is 6.07 Å². The predicted molar refractivity (Wildman–Crippen MR) is 68.4 cm³/mol. The van der Waals surface area contributed by atoms with Gasteiger partial charge in [0, 0.05) is 5.69 Å². The zero-order valence-corrected chi connectivity index (χ0v) is 10.5. The fourth-order valence-electron chi connectivity index (χ4n) is 1.77. The van der Waals surface area contributed by atoms with Gasteiger partial charge in [0.2, 0.25) is 0 Å². The Bertz CT molecular complexity index is 672. The lowest BCUT2D eigenvalue weighted by Gasteiger charge is -2.14. The Labute approximate surface area is 113 Å². The molecule has 3 nitrogen and oxygen atoms in total. The van der Waals surface area contributed by atoms with Crippen molar-refractivity contribution in [3.63, 3.8) is 0 Å². The molecule has 0 saturated carbocycles. The second-order valence-corrected chi connectivity index (χ2v) is 4.16. The van der Waals surface area contributed by atoms with Crippen LogP contribution in [0.3, 0.4) is 0 Å². The molecule has 102 valence electrons. The van der Waals surface area contributed by atoms with Crippen molar-refractivity contribution < 1.29 is 13.2 Å². The molecule has 0 atom stereocenters. The van der Waals surface area contributed by atoms with Gasteiger partial charge in [-0.25, -0.2) is 4.98 Å². The summed E-state index contributed by atoms with van der Waals surface area (Å²) in [5, 5.41) is 11.5. The molecule has 0 aliphatic carbocycles. The van der Waals surface area contributed by atoms with Crippen molar-refractivity contribution in [2.24, 2.45) is 0 Å². The number of benzene rings is 1. The molecule has 0 radical (unpaired) electrons. The Morgan fingerprint density at radius 2 is 1.90 bits per heavy atom. The van der Waals surface area contributed by atoms with Gasteiger partial charge in [-0.2, -0.15) is 18.4 Å². The highest BCUT2D eigenvalue weighted by atomic mass is 19.4. The van der Waals surface area contributed by atoms with Gasteiger partial charge in [0.25, 0.3) is 0 Å². The number of halogens is 3. The number of alkyl halides is 3. The summed E-state index contributed by atoms with van der Waals surface area (Å²) in [5.41, 5.74) is 0.0179. The molecule has 1 heterocycles. The number of aryl methyl sites for hydroxylation is 1. The molecule has 0 amide bonds. The highest BCUT2D eigenvalue weighted by molar-refractivity contribution is 5.62. The van der Waals surface area contributed by atoms with Crippen molar-refractivity contribution in [2.75, 3.05) is 5.32 Å². The van der Waals surface area contributed by atoms with Gasteiger partial charge in [0.15, 0.2) is 0 Å². The summed E-state index contributed by atoms with van der Waals surface area (Å²) in [4.78, 5) is 4.07. The van der Waals surface area contributed by atoms with E-state index in [2.05, 4.69) is 10.3 Å². The number of rotatable bonds is 2. The lowest BCUT2D eigenvalue weighted by atomic mass is 10.1. The van der Waals surface area contributed by atoms with E-state index in [1.165, 1.54) is 24.3 Å². The number of para-hydroxylation sites is 1. The number of nitrogens with zero attached hydrogens (tertiary/aromatic N) is 2. The summed E-state index contributed by atoms with van der Waals surface area (Å²) in [6.07, 6.45) is -4.45. The largest absolute Gasteiger partial charge is 0.418 e. The maximum absolute atomic E-state index is 12.9. The Balaban J connectivity index is 2.41. The van der Waals surface area contributed by atoms with E-state index in [0.717, 1.165) is 6.07 Å². The molecule has 2 aromatic rings. The van der Waals surface area contributed by atoms with Crippen LogP contribution in [0.2, 0.25) is 0 Å². The van der Waals surface area contributed by atoms with Crippen LogP contribution >= 0.6 is 0 Å². The Kier molecular flexibility index (Phi) is 3.61. The molecule has 1 aromatic heterocycles. The summed E-state index contributed by atoms with van der Waals surface area (Å²) >= 11 is 0. The highest BCUT2D eigenvalue weighted by Crippen LogP contribution is 2.35. The molecule has 20 heavy (non-hydrogen) atoms. The first-order chi connectivity index (χ1) is 9.40. The second-order valence-electron chi connectivity index (χ2n) is 4.16. The first-order valence-electron chi connectivity index (χ1n) is 5.72. The number of nitriles is 1. The molecular formula is C14H10F3N3. The minimum atomic E-state index is -4.45. The maximum Gasteiger partial charge on any atom is 0.418 e. The quantitative estimate of drug-likeness (QED) is 0.901. The lowest BCUT2D eigenvalue weighted by molar-refractivity contribution is -0.136. The molecule has 0 fully saturated rings. The first kappa shape index (κ1) is 13.9. The van der Waals surface area contributed by atoms with E-state index in [4.69, 9.17) is 5.26 Å². The van der Waals surface area contributed by atoms with Crippen LogP contribution in [0.15, 0.2) is 36.4 Å². The first-order valence-corrected chi connectivity index (χ1v) is 5.72. The Hall–Kier alpha value is -2.55. The summed E-state index contributed by atoms with van der Waals surface area (Å²) in [5.74, 6) is 0.207. The topological polar surface area (TPSA) is 48.7 Å². The van der Waals surface area contributed by atoms with Crippen LogP contribution in [0.5, 0.6) is 0 Å². The smallest absolute Gasteiger partial charge is 0.340 e. The van der Waals surface area contributed by atoms with Crippen molar-refractivity contribution in [3.05, 3.63) is 53.2 Å². The number of anilines is 2. The van der Waals surface area contributed by atoms with Gasteiger partial charge in [0.05, 0.1) is 22.9 Å². The van der Waals surface area contributed by atoms with Crippen molar-refractivity contribution in [1.29, 1.82) is 5.26 Å². The number of nitrogens with one attached hydrogen (secondary N) is 1. The van der Waals surface area contributed by atoms with Crippen molar-refractivity contribution in [2.45, 2.75) is 13.1 Å². The fraction of sp³-hybridized carbons (Fsp3) is 0.143. The van der Waals surface area contributed by atoms with Crippen molar-refractivity contribution in [1.82, 2.24) is 4.98 Å². The Morgan fingerprint density at radius 1 is 1.20 bits per heavy atom. The van der Waals surface area contributed by atoms with E-state index in [1.807, 2.05) is 6.07 Å². The third-order valence-corrected chi connectivity index (χ3v) is 2.58. The lowest BCUT2D eigenvalue weighted by Crippen LogP contribution is -2.09. The number of aromatic nitrogens is 1. The fourth-order valence-corrected chi connectivity index (χ4v) is 1.77. The zero-order valence-electron chi connectivity index (χ0n) is 10.5. The molecule has 6 heteroatoms. The van der Waals surface area contributed by atoms with Gasteiger partial charge in [-0.3, -0.25) is 0 Å². The van der Waals surface area contributed by atoms with Gasteiger partial charge in [0.1, 0.15) is 5.82 Å². The maximum atomic E-state index is 12.9. The van der Waals surface area contributed by atoms with E-state index >= 15 is 0 Å². The van der Waals surface area contributed by atoms with Gasteiger partial charge in [-0.1, -0.05) is 12.1 Å². The van der Waals surface area contributed by atoms with Gasteiger partial charge >= 0.3 is 6.18 Å². The summed E-state index contributed by atoms with van der Waals surface area (Å²) in [7, 11) is 0. The minimum Gasteiger partial charge on any atom is -0.340 e. The number of pyridine rings is 1. The molecule has 2 rings (SSSR count). The highest BCUT2D eigenvalue weighted by Gasteiger charge is 2.33. The molecule has 0 saturated heterocycles. The standard InChI is InChI=1S/C14H10F3N3/c1-9-6-10(8-18)7-13(19-9)20-12-5-3-2-4-11(12)14(15,16)17/h2-7H,1H3,(H,19,20). The second kappa shape index (κ2) is 5.21. The average Bonchev–Trinajstić information content (AvgIpc) is 2.37. The summed E-state index contributed by atoms with van der Waals surface area (Å²) < 4.78 is 38.6. The van der Waals surface area contributed by atoms with E-state index in [1.54, 1.807) is 13.0 Å². The van der Waals surface area contributed by atoms with Crippen LogP contribution < -0.4 is 5.32 Å². The molecule has 0 bridgehead atoms. The number of hydrogen-bond acceptors (Lipinski definition) is 3. The van der Waals surface area contributed by atoms with Crippen LogP contribution in [0.25, 0.3) is 0 Å². The summed E-state index contributed by atoms with van der Waals surface area (Å²) in [6, 6.07) is 10.0. The third kappa shape index (κ3) is 3.06. The predicted octanol–water partition coefficient (Wildman–Crippen LogP) is 4.02. The molecule has 0 spiro atoms. The van der Waals surface area contributed by atoms with E-state index in [9.17, 15) is 13.2 Å². The van der Waals surface area contributed by atoms with Gasteiger partial charge in [-0.05, 0) is 31.2 Å². The molecular weight excluding hydrogens is 267 g/mol. The molecule has 1 aromatic carbocycles. The SMILES string of the molecule is Cc1cc(C#N)cc(Nc2ccccc2C(F)(F)F)n1. The number of hydrogen-bond donors (Lipinski definition) is 1. The van der Waals surface area contributed by atoms with Crippen LogP contribution in [-0.4, -0.2) is 4.98 Å². The molecule has 1 N–H and O–H groups in total. The molecule has 0 unspecified atom stereocenters. The van der Waals surface area contributed by atoms with Crippen LogP contribution in [0.1, 0.15) is 16.8 Å². The average molecular weight is 277 g/mol. The minimum absolute atomic E-state index is 0.0954. The van der Waals surface area contributed by atoms with Gasteiger partial charge in [-0.15, -0.1) is 0 Å². The van der Waals surface area contributed by atoms with E-state index in [-0.39, 0.29) is 11.5 Å². The Morgan fingerprint density at radius 3 is 2.55 bits per heavy atom. The molecule has 0 aliphatic heterocycles. The van der Waals surface area contributed by atoms with E-state index in [0.29, 0.717) is 11.3 Å². The van der Waals surface area contributed by atoms with E-state index < -0.39 is 11.7 Å². The zero-order chi connectivity index (χ0) is 14.8. The third-order valence-electron chi connectivity index (χ3n) is 2.58. The van der Waals surface area contributed by atoms with Crippen LogP contribution in [0, 0.1) is 18.3 Å². The molecule has 0 aliphatic rings. The summed E-state index contributed by atoms with van der Waals surface area (Å²) in [6.45, 7) is 1.67. The normalized spacial score (nSPS) is 10.9.